The van der Waals surface area contributed by atoms with Crippen molar-refractivity contribution in [2.45, 2.75) is 0 Å². The fourth-order valence-corrected chi connectivity index (χ4v) is 5.01. The van der Waals surface area contributed by atoms with Crippen LogP contribution in [0.2, 0.25) is 0 Å². The average Bonchev–Trinajstić information content (AvgIpc) is 3.09. The number of rotatable bonds is 6. The average molecular weight is 557 g/mol. The molecular formula is C38H25FN4. The van der Waals surface area contributed by atoms with Crippen molar-refractivity contribution in [2.75, 3.05) is 0 Å². The molecule has 7 rings (SSSR count). The number of aromatic nitrogens is 4. The lowest BCUT2D eigenvalue weighted by Gasteiger charge is -2.12. The van der Waals surface area contributed by atoms with E-state index in [-0.39, 0.29) is 5.56 Å². The molecule has 0 fully saturated rings. The van der Waals surface area contributed by atoms with E-state index in [0.717, 1.165) is 33.6 Å². The Morgan fingerprint density at radius 3 is 1.05 bits per heavy atom. The van der Waals surface area contributed by atoms with Crippen molar-refractivity contribution in [1.29, 1.82) is 0 Å². The summed E-state index contributed by atoms with van der Waals surface area (Å²) in [5.74, 6) is 0.362. The van der Waals surface area contributed by atoms with Crippen LogP contribution in [0.4, 0.5) is 4.39 Å². The summed E-state index contributed by atoms with van der Waals surface area (Å²) in [5, 5.41) is 0. The molecule has 0 amide bonds. The first-order valence-corrected chi connectivity index (χ1v) is 14.0. The third kappa shape index (κ3) is 5.56. The van der Waals surface area contributed by atoms with Crippen molar-refractivity contribution < 1.29 is 4.39 Å². The van der Waals surface area contributed by atoms with Gasteiger partial charge >= 0.3 is 0 Å². The van der Waals surface area contributed by atoms with Crippen LogP contribution in [0, 0.1) is 5.82 Å². The summed E-state index contributed by atoms with van der Waals surface area (Å²) >= 11 is 0. The zero-order valence-corrected chi connectivity index (χ0v) is 23.1. The van der Waals surface area contributed by atoms with Crippen molar-refractivity contribution in [2.24, 2.45) is 0 Å². The van der Waals surface area contributed by atoms with Crippen LogP contribution >= 0.6 is 0 Å². The smallest absolute Gasteiger partial charge is 0.163 e. The van der Waals surface area contributed by atoms with Gasteiger partial charge in [-0.05, 0) is 30.3 Å². The Bertz CT molecular complexity index is 1900. The first-order valence-electron chi connectivity index (χ1n) is 14.0. The lowest BCUT2D eigenvalue weighted by molar-refractivity contribution is 0.630. The van der Waals surface area contributed by atoms with Gasteiger partial charge in [-0.1, -0.05) is 121 Å². The second kappa shape index (κ2) is 11.6. The van der Waals surface area contributed by atoms with Crippen molar-refractivity contribution in [3.05, 3.63) is 157 Å². The van der Waals surface area contributed by atoms with Gasteiger partial charge in [-0.25, -0.2) is 24.3 Å². The van der Waals surface area contributed by atoms with Crippen LogP contribution in [0.25, 0.3) is 67.8 Å². The molecule has 0 unspecified atom stereocenters. The van der Waals surface area contributed by atoms with Crippen molar-refractivity contribution >= 4 is 0 Å². The monoisotopic (exact) mass is 556 g/mol. The Balaban J connectivity index is 1.40. The van der Waals surface area contributed by atoms with Gasteiger partial charge in [0, 0.05) is 27.8 Å². The van der Waals surface area contributed by atoms with E-state index >= 15 is 4.39 Å². The van der Waals surface area contributed by atoms with E-state index in [2.05, 4.69) is 0 Å². The molecule has 204 valence electrons. The molecule has 0 N–H and O–H groups in total. The van der Waals surface area contributed by atoms with E-state index < -0.39 is 5.82 Å². The van der Waals surface area contributed by atoms with Gasteiger partial charge in [0.1, 0.15) is 5.82 Å². The van der Waals surface area contributed by atoms with Gasteiger partial charge in [-0.15, -0.1) is 0 Å². The van der Waals surface area contributed by atoms with Gasteiger partial charge in [0.05, 0.1) is 28.3 Å². The molecule has 5 aromatic carbocycles. The van der Waals surface area contributed by atoms with Gasteiger partial charge < -0.3 is 0 Å². The Morgan fingerprint density at radius 1 is 0.326 bits per heavy atom. The molecule has 0 atom stereocenters. The minimum Gasteiger partial charge on any atom is -0.228 e. The van der Waals surface area contributed by atoms with Crippen molar-refractivity contribution in [3.63, 3.8) is 0 Å². The Hall–Kier alpha value is -5.81. The molecule has 0 saturated heterocycles. The summed E-state index contributed by atoms with van der Waals surface area (Å²) < 4.78 is 15.6. The van der Waals surface area contributed by atoms with Crippen LogP contribution in [0.3, 0.4) is 0 Å². The third-order valence-electron chi connectivity index (χ3n) is 7.20. The number of hydrogen-bond acceptors (Lipinski definition) is 4. The molecule has 2 aromatic heterocycles. The third-order valence-corrected chi connectivity index (χ3v) is 7.20. The fourth-order valence-electron chi connectivity index (χ4n) is 5.01. The van der Waals surface area contributed by atoms with Crippen molar-refractivity contribution in [3.8, 4) is 67.8 Å². The van der Waals surface area contributed by atoms with Gasteiger partial charge in [0.15, 0.2) is 11.6 Å². The topological polar surface area (TPSA) is 51.6 Å². The Labute approximate surface area is 249 Å². The maximum atomic E-state index is 15.6. The van der Waals surface area contributed by atoms with E-state index in [9.17, 15) is 0 Å². The van der Waals surface area contributed by atoms with E-state index in [0.29, 0.717) is 28.6 Å². The lowest BCUT2D eigenvalue weighted by Crippen LogP contribution is -1.99. The molecule has 7 aromatic rings. The predicted molar refractivity (Wildman–Crippen MR) is 170 cm³/mol. The minimum atomic E-state index is -0.421. The molecule has 2 heterocycles. The van der Waals surface area contributed by atoms with Gasteiger partial charge in [0.25, 0.3) is 0 Å². The van der Waals surface area contributed by atoms with E-state index in [1.165, 1.54) is 6.07 Å². The summed E-state index contributed by atoms with van der Waals surface area (Å²) in [6.45, 7) is 0. The van der Waals surface area contributed by atoms with E-state index in [4.69, 9.17) is 19.9 Å². The van der Waals surface area contributed by atoms with Gasteiger partial charge in [-0.3, -0.25) is 0 Å². The quantitative estimate of drug-likeness (QED) is 0.205. The molecule has 5 heteroatoms. The summed E-state index contributed by atoms with van der Waals surface area (Å²) in [6.07, 6.45) is 0. The maximum Gasteiger partial charge on any atom is 0.163 e. The lowest BCUT2D eigenvalue weighted by atomic mass is 10.0. The van der Waals surface area contributed by atoms with Gasteiger partial charge in [-0.2, -0.15) is 0 Å². The molecule has 4 nitrogen and oxygen atoms in total. The molecule has 0 aliphatic carbocycles. The molecule has 43 heavy (non-hydrogen) atoms. The van der Waals surface area contributed by atoms with E-state index in [1.54, 1.807) is 12.1 Å². The minimum absolute atomic E-state index is 0.280. The zero-order valence-electron chi connectivity index (χ0n) is 23.1. The van der Waals surface area contributed by atoms with Crippen LogP contribution in [0.15, 0.2) is 152 Å². The second-order valence-electron chi connectivity index (χ2n) is 10.1. The SMILES string of the molecule is Fc1ccc(-c2nc(-c3ccccc3)cc(-c3ccccc3)n2)cc1-c1nc(-c2ccccc2)cc(-c2ccccc2)n1. The molecular weight excluding hydrogens is 531 g/mol. The zero-order chi connectivity index (χ0) is 29.0. The highest BCUT2D eigenvalue weighted by atomic mass is 19.1. The summed E-state index contributed by atoms with van der Waals surface area (Å²) in [4.78, 5) is 19.5. The number of hydrogen-bond donors (Lipinski definition) is 0. The molecule has 0 saturated carbocycles. The fraction of sp³-hybridized carbons (Fsp3) is 0. The normalized spacial score (nSPS) is 10.9. The molecule has 0 aliphatic rings. The Kier molecular flexibility index (Phi) is 7.04. The summed E-state index contributed by atoms with van der Waals surface area (Å²) in [7, 11) is 0. The summed E-state index contributed by atoms with van der Waals surface area (Å²) in [6, 6.07) is 48.5. The molecule has 0 aliphatic heterocycles. The van der Waals surface area contributed by atoms with Crippen LogP contribution < -0.4 is 0 Å². The molecule has 0 spiro atoms. The maximum absolute atomic E-state index is 15.6. The number of halogens is 1. The molecule has 0 bridgehead atoms. The number of benzene rings is 5. The Morgan fingerprint density at radius 2 is 0.674 bits per heavy atom. The van der Waals surface area contributed by atoms with Gasteiger partial charge in [0.2, 0.25) is 0 Å². The summed E-state index contributed by atoms with van der Waals surface area (Å²) in [5.41, 5.74) is 7.72. The van der Waals surface area contributed by atoms with Crippen LogP contribution in [-0.4, -0.2) is 19.9 Å². The van der Waals surface area contributed by atoms with Crippen LogP contribution in [-0.2, 0) is 0 Å². The number of nitrogens with zero attached hydrogens (tertiary/aromatic N) is 4. The standard InChI is InChI=1S/C38H25FN4/c39-32-22-21-30(37-40-33(26-13-5-1-6-14-26)24-34(41-37)27-15-7-2-8-16-27)23-31(32)38-42-35(28-17-9-3-10-18-28)25-36(43-38)29-19-11-4-12-20-29/h1-25H. The van der Waals surface area contributed by atoms with E-state index in [1.807, 2.05) is 133 Å². The highest BCUT2D eigenvalue weighted by Crippen LogP contribution is 2.32. The largest absolute Gasteiger partial charge is 0.228 e. The second-order valence-corrected chi connectivity index (χ2v) is 10.1. The highest BCUT2D eigenvalue weighted by molar-refractivity contribution is 5.76. The molecule has 0 radical (unpaired) electrons. The highest BCUT2D eigenvalue weighted by Gasteiger charge is 2.17. The first kappa shape index (κ1) is 26.1. The van der Waals surface area contributed by atoms with Crippen molar-refractivity contribution in [1.82, 2.24) is 19.9 Å². The van der Waals surface area contributed by atoms with Crippen LogP contribution in [0.1, 0.15) is 0 Å². The van der Waals surface area contributed by atoms with Crippen LogP contribution in [0.5, 0.6) is 0 Å². The predicted octanol–water partition coefficient (Wildman–Crippen LogP) is 9.41. The first-order chi connectivity index (χ1) is 21.2.